The Hall–Kier alpha value is -3.83. The van der Waals surface area contributed by atoms with E-state index >= 15 is 0 Å². The number of furan rings is 1. The van der Waals surface area contributed by atoms with Gasteiger partial charge in [-0.3, -0.25) is 9.69 Å². The van der Waals surface area contributed by atoms with E-state index in [9.17, 15) is 4.79 Å². The monoisotopic (exact) mass is 440 g/mol. The van der Waals surface area contributed by atoms with Crippen molar-refractivity contribution in [2.24, 2.45) is 0 Å². The van der Waals surface area contributed by atoms with E-state index in [0.29, 0.717) is 12.3 Å². The first-order valence-electron chi connectivity index (χ1n) is 10.9. The van der Waals surface area contributed by atoms with Crippen molar-refractivity contribution in [1.29, 1.82) is 0 Å². The molecule has 1 N–H and O–H groups in total. The van der Waals surface area contributed by atoms with E-state index in [1.165, 1.54) is 11.1 Å². The van der Waals surface area contributed by atoms with Crippen molar-refractivity contribution < 1.29 is 13.9 Å². The normalized spacial score (nSPS) is 10.9. The second-order valence-electron chi connectivity index (χ2n) is 8.06. The predicted molar refractivity (Wildman–Crippen MR) is 130 cm³/mol. The number of amides is 1. The Kier molecular flexibility index (Phi) is 7.22. The minimum Gasteiger partial charge on any atom is -0.497 e. The Balaban J connectivity index is 1.46. The molecule has 0 aliphatic carbocycles. The lowest BCUT2D eigenvalue weighted by molar-refractivity contribution is 0.0992. The standard InChI is InChI=1S/C28H28N2O3/c1-21-8-12-24(13-9-21)29-28(31)27-17-16-26(33-27)20-30(18-22-6-4-3-5-7-22)19-23-10-14-25(32-2)15-11-23/h3-17H,18-20H2,1-2H3,(H,29,31). The molecule has 0 saturated heterocycles. The number of methoxy groups -OCH3 is 1. The summed E-state index contributed by atoms with van der Waals surface area (Å²) >= 11 is 0. The number of hydrogen-bond donors (Lipinski definition) is 1. The SMILES string of the molecule is COc1ccc(CN(Cc2ccccc2)Cc2ccc(C(=O)Nc3ccc(C)cc3)o2)cc1. The number of aryl methyl sites for hydroxylation is 1. The quantitative estimate of drug-likeness (QED) is 0.344. The van der Waals surface area contributed by atoms with Gasteiger partial charge in [-0.15, -0.1) is 0 Å². The van der Waals surface area contributed by atoms with Gasteiger partial charge in [-0.1, -0.05) is 60.2 Å². The van der Waals surface area contributed by atoms with Crippen molar-refractivity contribution >= 4 is 11.6 Å². The van der Waals surface area contributed by atoms with Gasteiger partial charge in [0.05, 0.1) is 13.7 Å². The molecule has 1 aromatic heterocycles. The van der Waals surface area contributed by atoms with Gasteiger partial charge in [-0.25, -0.2) is 0 Å². The Morgan fingerprint density at radius 1 is 0.818 bits per heavy atom. The Morgan fingerprint density at radius 2 is 1.48 bits per heavy atom. The van der Waals surface area contributed by atoms with Crippen LogP contribution in [-0.4, -0.2) is 17.9 Å². The van der Waals surface area contributed by atoms with E-state index in [1.807, 2.05) is 67.6 Å². The number of ether oxygens (including phenoxy) is 1. The molecule has 4 rings (SSSR count). The van der Waals surface area contributed by atoms with Crippen LogP contribution in [0, 0.1) is 6.92 Å². The fourth-order valence-corrected chi connectivity index (χ4v) is 3.63. The minimum absolute atomic E-state index is 0.255. The second-order valence-corrected chi connectivity index (χ2v) is 8.06. The van der Waals surface area contributed by atoms with E-state index < -0.39 is 0 Å². The summed E-state index contributed by atoms with van der Waals surface area (Å²) in [6.07, 6.45) is 0. The molecule has 0 bridgehead atoms. The molecule has 1 amide bonds. The van der Waals surface area contributed by atoms with Gasteiger partial charge in [0.15, 0.2) is 5.76 Å². The van der Waals surface area contributed by atoms with E-state index in [1.54, 1.807) is 13.2 Å². The first-order valence-corrected chi connectivity index (χ1v) is 10.9. The van der Waals surface area contributed by atoms with Crippen LogP contribution in [0.5, 0.6) is 5.75 Å². The zero-order valence-corrected chi connectivity index (χ0v) is 19.0. The molecule has 4 aromatic rings. The van der Waals surface area contributed by atoms with Crippen LogP contribution in [0.4, 0.5) is 5.69 Å². The van der Waals surface area contributed by atoms with Crippen LogP contribution in [0.15, 0.2) is 95.4 Å². The summed E-state index contributed by atoms with van der Waals surface area (Å²) in [5.74, 6) is 1.63. The molecule has 0 atom stereocenters. The molecule has 0 saturated carbocycles. The molecule has 5 nitrogen and oxygen atoms in total. The van der Waals surface area contributed by atoms with Crippen LogP contribution in [0.1, 0.15) is 33.0 Å². The molecule has 33 heavy (non-hydrogen) atoms. The average Bonchev–Trinajstić information content (AvgIpc) is 3.30. The third kappa shape index (κ3) is 6.34. The molecule has 1 heterocycles. The van der Waals surface area contributed by atoms with Gasteiger partial charge in [-0.2, -0.15) is 0 Å². The Bertz CT molecular complexity index is 1170. The van der Waals surface area contributed by atoms with Crippen molar-refractivity contribution in [3.63, 3.8) is 0 Å². The van der Waals surface area contributed by atoms with Crippen LogP contribution in [0.2, 0.25) is 0 Å². The first kappa shape index (κ1) is 22.4. The molecule has 3 aromatic carbocycles. The van der Waals surface area contributed by atoms with Gasteiger partial charge in [0.1, 0.15) is 11.5 Å². The Labute approximate surface area is 194 Å². The van der Waals surface area contributed by atoms with Gasteiger partial charge in [0, 0.05) is 18.8 Å². The molecule has 0 radical (unpaired) electrons. The number of carbonyl (C=O) groups is 1. The maximum Gasteiger partial charge on any atom is 0.291 e. The molecule has 0 fully saturated rings. The summed E-state index contributed by atoms with van der Waals surface area (Å²) in [7, 11) is 1.67. The maximum absolute atomic E-state index is 12.6. The van der Waals surface area contributed by atoms with Crippen molar-refractivity contribution in [2.75, 3.05) is 12.4 Å². The number of carbonyl (C=O) groups excluding carboxylic acids is 1. The molecule has 168 valence electrons. The van der Waals surface area contributed by atoms with Crippen molar-refractivity contribution in [3.8, 4) is 5.75 Å². The van der Waals surface area contributed by atoms with Gasteiger partial charge >= 0.3 is 0 Å². The molecule has 0 unspecified atom stereocenters. The van der Waals surface area contributed by atoms with Crippen LogP contribution < -0.4 is 10.1 Å². The number of rotatable bonds is 9. The first-order chi connectivity index (χ1) is 16.1. The highest BCUT2D eigenvalue weighted by molar-refractivity contribution is 6.02. The highest BCUT2D eigenvalue weighted by atomic mass is 16.5. The topological polar surface area (TPSA) is 54.7 Å². The molecular formula is C28H28N2O3. The third-order valence-electron chi connectivity index (χ3n) is 5.39. The number of nitrogens with zero attached hydrogens (tertiary/aromatic N) is 1. The van der Waals surface area contributed by atoms with E-state index in [4.69, 9.17) is 9.15 Å². The fourth-order valence-electron chi connectivity index (χ4n) is 3.63. The van der Waals surface area contributed by atoms with E-state index in [-0.39, 0.29) is 5.91 Å². The van der Waals surface area contributed by atoms with Gasteiger partial charge in [0.25, 0.3) is 5.91 Å². The number of benzene rings is 3. The molecule has 0 aliphatic heterocycles. The summed E-state index contributed by atoms with van der Waals surface area (Å²) in [6, 6.07) is 29.7. The summed E-state index contributed by atoms with van der Waals surface area (Å²) in [5.41, 5.74) is 4.28. The zero-order valence-electron chi connectivity index (χ0n) is 19.0. The lowest BCUT2D eigenvalue weighted by Crippen LogP contribution is -2.22. The van der Waals surface area contributed by atoms with Crippen LogP contribution in [0.25, 0.3) is 0 Å². The van der Waals surface area contributed by atoms with E-state index in [0.717, 1.165) is 35.9 Å². The largest absolute Gasteiger partial charge is 0.497 e. The van der Waals surface area contributed by atoms with Crippen LogP contribution in [0.3, 0.4) is 0 Å². The number of hydrogen-bond acceptors (Lipinski definition) is 4. The van der Waals surface area contributed by atoms with Gasteiger partial charge < -0.3 is 14.5 Å². The highest BCUT2D eigenvalue weighted by Crippen LogP contribution is 2.19. The summed E-state index contributed by atoms with van der Waals surface area (Å²) in [6.45, 7) is 4.10. The average molecular weight is 441 g/mol. The lowest BCUT2D eigenvalue weighted by Gasteiger charge is -2.21. The zero-order chi connectivity index (χ0) is 23.0. The lowest BCUT2D eigenvalue weighted by atomic mass is 10.1. The Morgan fingerprint density at radius 3 is 2.15 bits per heavy atom. The molecule has 5 heteroatoms. The molecular weight excluding hydrogens is 412 g/mol. The summed E-state index contributed by atoms with van der Waals surface area (Å²) in [5, 5.41) is 2.88. The van der Waals surface area contributed by atoms with Gasteiger partial charge in [-0.05, 0) is 54.4 Å². The van der Waals surface area contributed by atoms with Crippen molar-refractivity contribution in [1.82, 2.24) is 4.90 Å². The van der Waals surface area contributed by atoms with E-state index in [2.05, 4.69) is 34.5 Å². The summed E-state index contributed by atoms with van der Waals surface area (Å²) < 4.78 is 11.2. The third-order valence-corrected chi connectivity index (χ3v) is 5.39. The highest BCUT2D eigenvalue weighted by Gasteiger charge is 2.15. The second kappa shape index (κ2) is 10.7. The molecule has 0 aliphatic rings. The van der Waals surface area contributed by atoms with Crippen LogP contribution in [-0.2, 0) is 19.6 Å². The van der Waals surface area contributed by atoms with Gasteiger partial charge in [0.2, 0.25) is 0 Å². The number of nitrogens with one attached hydrogen (secondary N) is 1. The minimum atomic E-state index is -0.255. The summed E-state index contributed by atoms with van der Waals surface area (Å²) in [4.78, 5) is 14.9. The fraction of sp³-hybridized carbons (Fsp3) is 0.179. The van der Waals surface area contributed by atoms with Crippen molar-refractivity contribution in [2.45, 2.75) is 26.6 Å². The number of anilines is 1. The smallest absolute Gasteiger partial charge is 0.291 e. The molecule has 0 spiro atoms. The maximum atomic E-state index is 12.6. The van der Waals surface area contributed by atoms with Crippen molar-refractivity contribution in [3.05, 3.63) is 119 Å². The predicted octanol–water partition coefficient (Wildman–Crippen LogP) is 6.05. The van der Waals surface area contributed by atoms with Crippen LogP contribution >= 0.6 is 0 Å².